The molecule has 2 N–H and O–H groups in total. The number of ether oxygens (including phenoxy) is 1. The van der Waals surface area contributed by atoms with Crippen molar-refractivity contribution in [2.75, 3.05) is 36.5 Å². The first-order valence-corrected chi connectivity index (χ1v) is 9.13. The van der Waals surface area contributed by atoms with Gasteiger partial charge in [0.2, 0.25) is 11.9 Å². The number of morpholine rings is 1. The fourth-order valence-electron chi connectivity index (χ4n) is 3.05. The second kappa shape index (κ2) is 8.64. The average molecular weight is 410 g/mol. The van der Waals surface area contributed by atoms with Gasteiger partial charge < -0.3 is 15.0 Å². The molecular formula is C19H21F3N4O3. The zero-order chi connectivity index (χ0) is 21.0. The summed E-state index contributed by atoms with van der Waals surface area (Å²) in [6.07, 6.45) is -4.42. The number of rotatable bonds is 5. The minimum Gasteiger partial charge on any atom is -0.378 e. The van der Waals surface area contributed by atoms with Crippen LogP contribution in [0.2, 0.25) is 0 Å². The van der Waals surface area contributed by atoms with Gasteiger partial charge in [0.05, 0.1) is 18.8 Å². The Bertz CT molecular complexity index is 937. The number of hydrogen-bond acceptors (Lipinski definition) is 5. The predicted molar refractivity (Wildman–Crippen MR) is 101 cm³/mol. The second-order valence-electron chi connectivity index (χ2n) is 6.68. The number of aryl methyl sites for hydroxylation is 1. The van der Waals surface area contributed by atoms with E-state index in [2.05, 4.69) is 15.3 Å². The minimum atomic E-state index is -4.49. The summed E-state index contributed by atoms with van der Waals surface area (Å²) in [7, 11) is 0. The molecule has 1 aromatic carbocycles. The number of anilines is 2. The third kappa shape index (κ3) is 5.35. The van der Waals surface area contributed by atoms with Gasteiger partial charge in [0, 0.05) is 36.5 Å². The quantitative estimate of drug-likeness (QED) is 0.791. The molecule has 1 aliphatic heterocycles. The van der Waals surface area contributed by atoms with E-state index in [1.165, 1.54) is 12.1 Å². The molecule has 0 unspecified atom stereocenters. The number of carbonyl (C=O) groups is 1. The Hall–Kier alpha value is -2.88. The number of aromatic amines is 1. The topological polar surface area (TPSA) is 87.3 Å². The van der Waals surface area contributed by atoms with Gasteiger partial charge in [-0.1, -0.05) is 6.07 Å². The molecule has 0 radical (unpaired) electrons. The van der Waals surface area contributed by atoms with E-state index in [9.17, 15) is 22.8 Å². The summed E-state index contributed by atoms with van der Waals surface area (Å²) in [6.45, 7) is 4.06. The Balaban J connectivity index is 1.64. The van der Waals surface area contributed by atoms with Crippen LogP contribution in [0.5, 0.6) is 0 Å². The van der Waals surface area contributed by atoms with Crippen molar-refractivity contribution in [1.82, 2.24) is 9.97 Å². The number of H-pyrrole nitrogens is 1. The van der Waals surface area contributed by atoms with Gasteiger partial charge in [0.25, 0.3) is 5.56 Å². The largest absolute Gasteiger partial charge is 0.416 e. The molecule has 1 saturated heterocycles. The zero-order valence-corrected chi connectivity index (χ0v) is 15.8. The van der Waals surface area contributed by atoms with E-state index >= 15 is 0 Å². The Kier molecular flexibility index (Phi) is 6.21. The van der Waals surface area contributed by atoms with Gasteiger partial charge in [-0.3, -0.25) is 14.6 Å². The Morgan fingerprint density at radius 1 is 1.31 bits per heavy atom. The van der Waals surface area contributed by atoms with E-state index in [0.29, 0.717) is 43.5 Å². The second-order valence-corrected chi connectivity index (χ2v) is 6.68. The standard InChI is InChI=1S/C19H21F3N4O3/c1-12-15(17(28)25-18(23-12)26-7-9-29-10-8-26)5-6-16(27)24-14-4-2-3-13(11-14)19(20,21)22/h2-4,11H,5-10H2,1H3,(H,24,27)(H,23,25,28). The van der Waals surface area contributed by atoms with Crippen LogP contribution in [0, 0.1) is 6.92 Å². The van der Waals surface area contributed by atoms with Crippen molar-refractivity contribution in [3.8, 4) is 0 Å². The summed E-state index contributed by atoms with van der Waals surface area (Å²) >= 11 is 0. The molecule has 7 nitrogen and oxygen atoms in total. The molecule has 1 aliphatic rings. The normalized spacial score (nSPS) is 14.7. The van der Waals surface area contributed by atoms with Crippen LogP contribution >= 0.6 is 0 Å². The smallest absolute Gasteiger partial charge is 0.378 e. The van der Waals surface area contributed by atoms with Gasteiger partial charge in [-0.15, -0.1) is 0 Å². The molecule has 0 atom stereocenters. The summed E-state index contributed by atoms with van der Waals surface area (Å²) in [5.41, 5.74) is -0.226. The molecule has 2 heterocycles. The molecule has 0 aliphatic carbocycles. The Labute approximate surface area is 164 Å². The lowest BCUT2D eigenvalue weighted by molar-refractivity contribution is -0.137. The highest BCUT2D eigenvalue weighted by molar-refractivity contribution is 5.90. The van der Waals surface area contributed by atoms with Gasteiger partial charge in [-0.25, -0.2) is 4.98 Å². The maximum Gasteiger partial charge on any atom is 0.416 e. The summed E-state index contributed by atoms with van der Waals surface area (Å²) < 4.78 is 43.6. The Morgan fingerprint density at radius 2 is 2.03 bits per heavy atom. The van der Waals surface area contributed by atoms with Gasteiger partial charge in [0.15, 0.2) is 0 Å². The van der Waals surface area contributed by atoms with E-state index in [-0.39, 0.29) is 24.1 Å². The minimum absolute atomic E-state index is 0.0521. The van der Waals surface area contributed by atoms with E-state index < -0.39 is 17.6 Å². The van der Waals surface area contributed by atoms with Crippen LogP contribution in [0.4, 0.5) is 24.8 Å². The van der Waals surface area contributed by atoms with Crippen molar-refractivity contribution in [3.05, 3.63) is 51.4 Å². The highest BCUT2D eigenvalue weighted by Crippen LogP contribution is 2.30. The summed E-state index contributed by atoms with van der Waals surface area (Å²) in [5.74, 6) is -0.0200. The van der Waals surface area contributed by atoms with Crippen LogP contribution in [0.3, 0.4) is 0 Å². The fourth-order valence-corrected chi connectivity index (χ4v) is 3.05. The molecule has 0 saturated carbocycles. The van der Waals surface area contributed by atoms with Crippen molar-refractivity contribution in [2.45, 2.75) is 25.9 Å². The van der Waals surface area contributed by atoms with Gasteiger partial charge in [-0.05, 0) is 31.5 Å². The van der Waals surface area contributed by atoms with Crippen molar-refractivity contribution >= 4 is 17.5 Å². The lowest BCUT2D eigenvalue weighted by atomic mass is 10.1. The highest BCUT2D eigenvalue weighted by atomic mass is 19.4. The number of benzene rings is 1. The molecule has 0 bridgehead atoms. The van der Waals surface area contributed by atoms with Crippen LogP contribution in [-0.4, -0.2) is 42.2 Å². The van der Waals surface area contributed by atoms with Crippen LogP contribution in [0.1, 0.15) is 23.2 Å². The first-order chi connectivity index (χ1) is 13.7. The Morgan fingerprint density at radius 3 is 2.69 bits per heavy atom. The number of hydrogen-bond donors (Lipinski definition) is 2. The van der Waals surface area contributed by atoms with Crippen molar-refractivity contribution < 1.29 is 22.7 Å². The number of alkyl halides is 3. The summed E-state index contributed by atoms with van der Waals surface area (Å²) in [6, 6.07) is 4.40. The maximum atomic E-state index is 12.8. The average Bonchev–Trinajstić information content (AvgIpc) is 2.67. The molecule has 1 aromatic heterocycles. The van der Waals surface area contributed by atoms with Gasteiger partial charge >= 0.3 is 6.18 Å². The predicted octanol–water partition coefficient (Wildman–Crippen LogP) is 2.51. The molecule has 2 aromatic rings. The van der Waals surface area contributed by atoms with Crippen molar-refractivity contribution in [3.63, 3.8) is 0 Å². The van der Waals surface area contributed by atoms with Crippen molar-refractivity contribution in [1.29, 1.82) is 0 Å². The molecule has 29 heavy (non-hydrogen) atoms. The van der Waals surface area contributed by atoms with Crippen LogP contribution in [-0.2, 0) is 22.1 Å². The van der Waals surface area contributed by atoms with E-state index in [1.54, 1.807) is 6.92 Å². The third-order valence-corrected chi connectivity index (χ3v) is 4.60. The first kappa shape index (κ1) is 20.8. The summed E-state index contributed by atoms with van der Waals surface area (Å²) in [4.78, 5) is 33.6. The molecule has 1 amide bonds. The molecule has 10 heteroatoms. The SMILES string of the molecule is Cc1nc(N2CCOCC2)[nH]c(=O)c1CCC(=O)Nc1cccc(C(F)(F)F)c1. The van der Waals surface area contributed by atoms with Gasteiger partial charge in [0.1, 0.15) is 0 Å². The molecule has 1 fully saturated rings. The highest BCUT2D eigenvalue weighted by Gasteiger charge is 2.30. The summed E-state index contributed by atoms with van der Waals surface area (Å²) in [5, 5.41) is 2.43. The lowest BCUT2D eigenvalue weighted by Crippen LogP contribution is -2.38. The third-order valence-electron chi connectivity index (χ3n) is 4.60. The number of nitrogens with one attached hydrogen (secondary N) is 2. The molecule has 0 spiro atoms. The number of nitrogens with zero attached hydrogens (tertiary/aromatic N) is 2. The van der Waals surface area contributed by atoms with E-state index in [1.807, 2.05) is 4.90 Å². The zero-order valence-electron chi connectivity index (χ0n) is 15.8. The van der Waals surface area contributed by atoms with Crippen molar-refractivity contribution in [2.24, 2.45) is 0 Å². The number of amides is 1. The number of halogens is 3. The molecular weight excluding hydrogens is 389 g/mol. The van der Waals surface area contributed by atoms with E-state index in [4.69, 9.17) is 4.74 Å². The monoisotopic (exact) mass is 410 g/mol. The van der Waals surface area contributed by atoms with E-state index in [0.717, 1.165) is 12.1 Å². The molecule has 3 rings (SSSR count). The number of aromatic nitrogens is 2. The van der Waals surface area contributed by atoms with Crippen LogP contribution in [0.15, 0.2) is 29.1 Å². The number of carbonyl (C=O) groups excluding carboxylic acids is 1. The maximum absolute atomic E-state index is 12.8. The van der Waals surface area contributed by atoms with Crippen LogP contribution in [0.25, 0.3) is 0 Å². The molecule has 156 valence electrons. The first-order valence-electron chi connectivity index (χ1n) is 9.13. The fraction of sp³-hybridized carbons (Fsp3) is 0.421. The lowest BCUT2D eigenvalue weighted by Gasteiger charge is -2.27. The van der Waals surface area contributed by atoms with Crippen LogP contribution < -0.4 is 15.8 Å². The van der Waals surface area contributed by atoms with Gasteiger partial charge in [-0.2, -0.15) is 13.2 Å².